The molecule has 0 amide bonds. The van der Waals surface area contributed by atoms with E-state index in [-0.39, 0.29) is 0 Å². The number of hydrogen-bond acceptors (Lipinski definition) is 3. The fourth-order valence-electron chi connectivity index (χ4n) is 1.95. The summed E-state index contributed by atoms with van der Waals surface area (Å²) in [5.74, 6) is 0.730. The first-order chi connectivity index (χ1) is 7.99. The molecular formula is C11H16BrNO2S2. The van der Waals surface area contributed by atoms with E-state index < -0.39 is 10.0 Å². The van der Waals surface area contributed by atoms with Gasteiger partial charge in [0.2, 0.25) is 10.0 Å². The molecule has 2 rings (SSSR count). The van der Waals surface area contributed by atoms with E-state index in [1.165, 1.54) is 30.6 Å². The van der Waals surface area contributed by atoms with E-state index in [4.69, 9.17) is 0 Å². The fraction of sp³-hybridized carbons (Fsp3) is 0.636. The molecule has 1 N–H and O–H groups in total. The minimum Gasteiger partial charge on any atom is -0.211 e. The van der Waals surface area contributed by atoms with Crippen LogP contribution in [0.4, 0.5) is 0 Å². The summed E-state index contributed by atoms with van der Waals surface area (Å²) in [6.07, 6.45) is 4.77. The van der Waals surface area contributed by atoms with Crippen molar-refractivity contribution in [3.8, 4) is 0 Å². The lowest BCUT2D eigenvalue weighted by Crippen LogP contribution is -2.27. The number of nitrogens with one attached hydrogen (secondary N) is 1. The molecule has 17 heavy (non-hydrogen) atoms. The molecule has 96 valence electrons. The normalized spacial score (nSPS) is 17.1. The van der Waals surface area contributed by atoms with Crippen LogP contribution >= 0.6 is 27.3 Å². The van der Waals surface area contributed by atoms with Crippen LogP contribution in [-0.4, -0.2) is 15.0 Å². The third kappa shape index (κ3) is 3.30. The molecule has 1 fully saturated rings. The lowest BCUT2D eigenvalue weighted by atomic mass is 9.83. The van der Waals surface area contributed by atoms with Crippen molar-refractivity contribution in [1.29, 1.82) is 0 Å². The summed E-state index contributed by atoms with van der Waals surface area (Å²) in [7, 11) is -3.32. The van der Waals surface area contributed by atoms with E-state index in [1.807, 2.05) is 6.92 Å². The Labute approximate surface area is 115 Å². The molecule has 0 spiro atoms. The molecule has 3 nitrogen and oxygen atoms in total. The summed E-state index contributed by atoms with van der Waals surface area (Å²) in [5.41, 5.74) is 0. The van der Waals surface area contributed by atoms with Gasteiger partial charge in [-0.15, -0.1) is 11.3 Å². The van der Waals surface area contributed by atoms with Gasteiger partial charge in [0.25, 0.3) is 0 Å². The van der Waals surface area contributed by atoms with Gasteiger partial charge < -0.3 is 0 Å². The Kier molecular flexibility index (Phi) is 4.28. The lowest BCUT2D eigenvalue weighted by Gasteiger charge is -2.25. The largest absolute Gasteiger partial charge is 0.241 e. The number of thiophene rings is 1. The first-order valence-corrected chi connectivity index (χ1v) is 8.84. The highest BCUT2D eigenvalue weighted by Crippen LogP contribution is 2.30. The van der Waals surface area contributed by atoms with Gasteiger partial charge in [-0.25, -0.2) is 13.1 Å². The van der Waals surface area contributed by atoms with E-state index in [2.05, 4.69) is 20.7 Å². The number of rotatable bonds is 5. The number of hydrogen-bond donors (Lipinski definition) is 1. The van der Waals surface area contributed by atoms with E-state index in [0.717, 1.165) is 21.0 Å². The lowest BCUT2D eigenvalue weighted by molar-refractivity contribution is 0.297. The van der Waals surface area contributed by atoms with Crippen molar-refractivity contribution in [3.05, 3.63) is 14.7 Å². The van der Waals surface area contributed by atoms with E-state index in [9.17, 15) is 8.42 Å². The van der Waals surface area contributed by atoms with Gasteiger partial charge >= 0.3 is 0 Å². The van der Waals surface area contributed by atoms with Crippen molar-refractivity contribution in [1.82, 2.24) is 4.72 Å². The number of sulfonamides is 1. The maximum Gasteiger partial charge on any atom is 0.241 e. The van der Waals surface area contributed by atoms with Crippen molar-refractivity contribution in [2.45, 2.75) is 37.5 Å². The smallest absolute Gasteiger partial charge is 0.211 e. The van der Waals surface area contributed by atoms with Crippen LogP contribution in [0.1, 0.15) is 30.6 Å². The summed E-state index contributed by atoms with van der Waals surface area (Å²) in [6, 6.07) is 1.67. The van der Waals surface area contributed by atoms with Gasteiger partial charge in [0, 0.05) is 11.4 Å². The first-order valence-electron chi connectivity index (χ1n) is 5.74. The zero-order valence-corrected chi connectivity index (χ0v) is 12.9. The van der Waals surface area contributed by atoms with Crippen LogP contribution in [0.25, 0.3) is 0 Å². The molecule has 1 heterocycles. The summed E-state index contributed by atoms with van der Waals surface area (Å²) in [5, 5.41) is 0. The minimum atomic E-state index is -3.32. The monoisotopic (exact) mass is 337 g/mol. The highest BCUT2D eigenvalue weighted by molar-refractivity contribution is 9.11. The van der Waals surface area contributed by atoms with Gasteiger partial charge in [0.05, 0.1) is 8.68 Å². The average Bonchev–Trinajstić information content (AvgIpc) is 2.50. The SMILES string of the molecule is Cc1sc(Br)cc1S(=O)(=O)NCCC1CCC1. The van der Waals surface area contributed by atoms with Crippen molar-refractivity contribution < 1.29 is 8.42 Å². The quantitative estimate of drug-likeness (QED) is 0.895. The third-order valence-corrected chi connectivity index (χ3v) is 6.47. The molecule has 1 aliphatic carbocycles. The molecule has 1 aromatic heterocycles. The second kappa shape index (κ2) is 5.38. The minimum absolute atomic E-state index is 0.406. The molecule has 0 saturated heterocycles. The predicted octanol–water partition coefficient (Wildman–Crippen LogP) is 3.29. The molecule has 0 unspecified atom stereocenters. The molecule has 0 radical (unpaired) electrons. The Hall–Kier alpha value is 0.0900. The van der Waals surface area contributed by atoms with Gasteiger partial charge in [0.15, 0.2) is 0 Å². The van der Waals surface area contributed by atoms with Crippen molar-refractivity contribution in [3.63, 3.8) is 0 Å². The molecule has 0 atom stereocenters. The summed E-state index contributed by atoms with van der Waals surface area (Å²) >= 11 is 4.76. The van der Waals surface area contributed by atoms with E-state index in [0.29, 0.717) is 11.4 Å². The summed E-state index contributed by atoms with van der Waals surface area (Å²) in [4.78, 5) is 1.23. The average molecular weight is 338 g/mol. The second-order valence-corrected chi connectivity index (χ2v) is 8.83. The van der Waals surface area contributed by atoms with Crippen LogP contribution < -0.4 is 4.72 Å². The van der Waals surface area contributed by atoms with Crippen molar-refractivity contribution in [2.75, 3.05) is 6.54 Å². The summed E-state index contributed by atoms with van der Waals surface area (Å²) in [6.45, 7) is 2.38. The molecule has 1 aliphatic rings. The van der Waals surface area contributed by atoms with E-state index in [1.54, 1.807) is 6.07 Å². The first kappa shape index (κ1) is 13.5. The standard InChI is InChI=1S/C11H16BrNO2S2/c1-8-10(7-11(12)16-8)17(14,15)13-6-5-9-3-2-4-9/h7,9,13H,2-6H2,1H3. The highest BCUT2D eigenvalue weighted by Gasteiger charge is 2.21. The Balaban J connectivity index is 1.95. The molecule has 0 bridgehead atoms. The van der Waals surface area contributed by atoms with Crippen LogP contribution in [-0.2, 0) is 10.0 Å². The maximum atomic E-state index is 12.0. The Bertz CT molecular complexity index is 492. The topological polar surface area (TPSA) is 46.2 Å². The molecule has 6 heteroatoms. The summed E-state index contributed by atoms with van der Waals surface area (Å²) < 4.78 is 27.6. The van der Waals surface area contributed by atoms with Crippen molar-refractivity contribution in [2.24, 2.45) is 5.92 Å². The van der Waals surface area contributed by atoms with Crippen LogP contribution in [0.15, 0.2) is 14.7 Å². The van der Waals surface area contributed by atoms with Gasteiger partial charge in [-0.1, -0.05) is 19.3 Å². The Morgan fingerprint density at radius 3 is 2.71 bits per heavy atom. The molecule has 0 aromatic carbocycles. The van der Waals surface area contributed by atoms with Gasteiger partial charge in [-0.05, 0) is 41.3 Å². The second-order valence-electron chi connectivity index (χ2n) is 4.45. The maximum absolute atomic E-state index is 12.0. The van der Waals surface area contributed by atoms with Gasteiger partial charge in [-0.2, -0.15) is 0 Å². The Morgan fingerprint density at radius 2 is 2.24 bits per heavy atom. The van der Waals surface area contributed by atoms with E-state index >= 15 is 0 Å². The van der Waals surface area contributed by atoms with Crippen molar-refractivity contribution >= 4 is 37.3 Å². The zero-order chi connectivity index (χ0) is 12.5. The number of halogens is 1. The fourth-order valence-corrected chi connectivity index (χ4v) is 5.41. The number of aryl methyl sites for hydroxylation is 1. The molecule has 1 saturated carbocycles. The van der Waals surface area contributed by atoms with Crippen LogP contribution in [0.2, 0.25) is 0 Å². The molecule has 1 aromatic rings. The highest BCUT2D eigenvalue weighted by atomic mass is 79.9. The molecule has 0 aliphatic heterocycles. The third-order valence-electron chi connectivity index (χ3n) is 3.20. The zero-order valence-electron chi connectivity index (χ0n) is 9.70. The van der Waals surface area contributed by atoms with Crippen LogP contribution in [0.3, 0.4) is 0 Å². The molecular weight excluding hydrogens is 322 g/mol. The van der Waals surface area contributed by atoms with Crippen LogP contribution in [0, 0.1) is 12.8 Å². The Morgan fingerprint density at radius 1 is 1.53 bits per heavy atom. The van der Waals surface area contributed by atoms with Gasteiger partial charge in [0.1, 0.15) is 0 Å². The van der Waals surface area contributed by atoms with Crippen LogP contribution in [0.5, 0.6) is 0 Å². The van der Waals surface area contributed by atoms with Gasteiger partial charge in [-0.3, -0.25) is 0 Å². The predicted molar refractivity (Wildman–Crippen MR) is 73.9 cm³/mol.